The second kappa shape index (κ2) is 5.01. The van der Waals surface area contributed by atoms with Gasteiger partial charge in [-0.3, -0.25) is 14.5 Å². The summed E-state index contributed by atoms with van der Waals surface area (Å²) in [7, 11) is 1.14. The third kappa shape index (κ3) is 2.01. The van der Waals surface area contributed by atoms with Gasteiger partial charge in [-0.05, 0) is 12.1 Å². The molecule has 2 amide bonds. The predicted molar refractivity (Wildman–Crippen MR) is 63.4 cm³/mol. The highest BCUT2D eigenvalue weighted by atomic mass is 16.5. The average Bonchev–Trinajstić information content (AvgIpc) is 2.68. The van der Waals surface area contributed by atoms with Crippen LogP contribution in [-0.2, 0) is 14.3 Å². The van der Waals surface area contributed by atoms with Crippen LogP contribution in [0.25, 0.3) is 0 Å². The van der Waals surface area contributed by atoms with E-state index in [9.17, 15) is 19.2 Å². The third-order valence-electron chi connectivity index (χ3n) is 2.93. The molecular weight excluding hydrogens is 250 g/mol. The van der Waals surface area contributed by atoms with E-state index in [0.29, 0.717) is 6.29 Å². The number of imide groups is 1. The number of esters is 1. The van der Waals surface area contributed by atoms with Gasteiger partial charge in [-0.25, -0.2) is 4.79 Å². The summed E-state index contributed by atoms with van der Waals surface area (Å²) < 4.78 is 4.53. The Morgan fingerprint density at radius 1 is 1.26 bits per heavy atom. The molecule has 2 rings (SSSR count). The van der Waals surface area contributed by atoms with Gasteiger partial charge in [0.2, 0.25) is 0 Å². The summed E-state index contributed by atoms with van der Waals surface area (Å²) in [4.78, 5) is 47.3. The third-order valence-corrected chi connectivity index (χ3v) is 2.93. The van der Waals surface area contributed by atoms with E-state index in [1.165, 1.54) is 12.1 Å². The molecule has 1 atom stereocenters. The fourth-order valence-corrected chi connectivity index (χ4v) is 2.03. The quantitative estimate of drug-likeness (QED) is 0.445. The fraction of sp³-hybridized carbons (Fsp3) is 0.231. The van der Waals surface area contributed by atoms with Gasteiger partial charge in [-0.1, -0.05) is 12.1 Å². The summed E-state index contributed by atoms with van der Waals surface area (Å²) in [5.41, 5.74) is 0.458. The molecule has 0 aliphatic carbocycles. The van der Waals surface area contributed by atoms with Gasteiger partial charge in [-0.15, -0.1) is 0 Å². The molecule has 1 heterocycles. The van der Waals surface area contributed by atoms with E-state index in [0.717, 1.165) is 12.0 Å². The van der Waals surface area contributed by atoms with Crippen molar-refractivity contribution in [2.75, 3.05) is 7.11 Å². The molecule has 0 saturated carbocycles. The number of benzene rings is 1. The number of nitrogens with zero attached hydrogens (tertiary/aromatic N) is 1. The number of hydrogen-bond acceptors (Lipinski definition) is 5. The lowest BCUT2D eigenvalue weighted by atomic mass is 10.1. The highest BCUT2D eigenvalue weighted by molar-refractivity contribution is 6.22. The lowest BCUT2D eigenvalue weighted by molar-refractivity contribution is -0.146. The van der Waals surface area contributed by atoms with Crippen LogP contribution in [0.4, 0.5) is 0 Å². The zero-order valence-electron chi connectivity index (χ0n) is 10.2. The molecule has 6 nitrogen and oxygen atoms in total. The molecule has 19 heavy (non-hydrogen) atoms. The first kappa shape index (κ1) is 12.9. The first-order chi connectivity index (χ1) is 9.11. The van der Waals surface area contributed by atoms with Gasteiger partial charge in [0, 0.05) is 6.42 Å². The molecule has 0 unspecified atom stereocenters. The normalized spacial score (nSPS) is 15.1. The van der Waals surface area contributed by atoms with Gasteiger partial charge in [0.25, 0.3) is 11.8 Å². The van der Waals surface area contributed by atoms with Crippen molar-refractivity contribution in [3.8, 4) is 0 Å². The van der Waals surface area contributed by atoms with Crippen molar-refractivity contribution in [3.63, 3.8) is 0 Å². The van der Waals surface area contributed by atoms with Crippen LogP contribution in [0.2, 0.25) is 0 Å². The first-order valence-electron chi connectivity index (χ1n) is 5.60. The van der Waals surface area contributed by atoms with Gasteiger partial charge in [0.1, 0.15) is 12.3 Å². The zero-order chi connectivity index (χ0) is 14.0. The molecule has 1 aliphatic rings. The molecular formula is C13H11NO5. The largest absolute Gasteiger partial charge is 0.467 e. The Balaban J connectivity index is 2.41. The number of methoxy groups -OCH3 is 1. The lowest BCUT2D eigenvalue weighted by Gasteiger charge is -2.21. The van der Waals surface area contributed by atoms with E-state index in [1.807, 2.05) is 0 Å². The first-order valence-corrected chi connectivity index (χ1v) is 5.60. The number of carbonyl (C=O) groups excluding carboxylic acids is 4. The van der Waals surface area contributed by atoms with E-state index < -0.39 is 23.8 Å². The molecule has 1 aromatic rings. The van der Waals surface area contributed by atoms with Gasteiger partial charge < -0.3 is 9.53 Å². The molecule has 0 aromatic heterocycles. The fourth-order valence-electron chi connectivity index (χ4n) is 2.03. The van der Waals surface area contributed by atoms with Gasteiger partial charge >= 0.3 is 5.97 Å². The minimum atomic E-state index is -1.21. The average molecular weight is 261 g/mol. The van der Waals surface area contributed by atoms with Crippen LogP contribution in [0.5, 0.6) is 0 Å². The van der Waals surface area contributed by atoms with Crippen molar-refractivity contribution in [2.24, 2.45) is 0 Å². The second-order valence-corrected chi connectivity index (χ2v) is 3.97. The SMILES string of the molecule is COC(=O)[C@@H](CC=O)N1C(=O)c2ccccc2C1=O. The number of rotatable bonds is 4. The Morgan fingerprint density at radius 2 is 1.79 bits per heavy atom. The van der Waals surface area contributed by atoms with Crippen molar-refractivity contribution >= 4 is 24.1 Å². The van der Waals surface area contributed by atoms with Crippen LogP contribution in [-0.4, -0.2) is 42.1 Å². The summed E-state index contributed by atoms with van der Waals surface area (Å²) in [6.07, 6.45) is 0.198. The summed E-state index contributed by atoms with van der Waals surface area (Å²) in [5, 5.41) is 0. The maximum atomic E-state index is 12.1. The van der Waals surface area contributed by atoms with E-state index in [4.69, 9.17) is 0 Å². The Hall–Kier alpha value is -2.50. The monoisotopic (exact) mass is 261 g/mol. The van der Waals surface area contributed by atoms with Gasteiger partial charge in [-0.2, -0.15) is 0 Å². The Labute approximate surface area is 108 Å². The number of fused-ring (bicyclic) bond motifs is 1. The molecule has 0 bridgehead atoms. The summed E-state index contributed by atoms with van der Waals surface area (Å²) >= 11 is 0. The Morgan fingerprint density at radius 3 is 2.21 bits per heavy atom. The van der Waals surface area contributed by atoms with E-state index in [1.54, 1.807) is 12.1 Å². The van der Waals surface area contributed by atoms with Crippen LogP contribution in [0, 0.1) is 0 Å². The number of amides is 2. The molecule has 98 valence electrons. The predicted octanol–water partition coefficient (Wildman–Crippen LogP) is 0.413. The van der Waals surface area contributed by atoms with Crippen LogP contribution >= 0.6 is 0 Å². The Kier molecular flexibility index (Phi) is 3.41. The molecule has 6 heteroatoms. The van der Waals surface area contributed by atoms with Crippen molar-refractivity contribution < 1.29 is 23.9 Å². The van der Waals surface area contributed by atoms with Crippen molar-refractivity contribution in [1.29, 1.82) is 0 Å². The van der Waals surface area contributed by atoms with E-state index >= 15 is 0 Å². The molecule has 0 N–H and O–H groups in total. The van der Waals surface area contributed by atoms with Crippen LogP contribution in [0.1, 0.15) is 27.1 Å². The maximum Gasteiger partial charge on any atom is 0.329 e. The molecule has 0 radical (unpaired) electrons. The minimum absolute atomic E-state index is 0.229. The molecule has 0 fully saturated rings. The molecule has 0 spiro atoms. The number of ether oxygens (including phenoxy) is 1. The molecule has 0 saturated heterocycles. The van der Waals surface area contributed by atoms with Crippen molar-refractivity contribution in [2.45, 2.75) is 12.5 Å². The van der Waals surface area contributed by atoms with Crippen LogP contribution < -0.4 is 0 Å². The van der Waals surface area contributed by atoms with Crippen molar-refractivity contribution in [1.82, 2.24) is 4.90 Å². The molecule has 1 aliphatic heterocycles. The van der Waals surface area contributed by atoms with Gasteiger partial charge in [0.05, 0.1) is 18.2 Å². The summed E-state index contributed by atoms with van der Waals surface area (Å²) in [6.45, 7) is 0. The van der Waals surface area contributed by atoms with Gasteiger partial charge in [0.15, 0.2) is 0 Å². The number of carbonyl (C=O) groups is 4. The highest BCUT2D eigenvalue weighted by Crippen LogP contribution is 2.25. The van der Waals surface area contributed by atoms with Crippen LogP contribution in [0.3, 0.4) is 0 Å². The van der Waals surface area contributed by atoms with E-state index in [2.05, 4.69) is 4.74 Å². The second-order valence-electron chi connectivity index (χ2n) is 3.97. The Bertz CT molecular complexity index is 531. The topological polar surface area (TPSA) is 80.8 Å². The molecule has 1 aromatic carbocycles. The summed E-state index contributed by atoms with van der Waals surface area (Å²) in [5.74, 6) is -1.96. The summed E-state index contributed by atoms with van der Waals surface area (Å²) in [6, 6.07) is 5.05. The number of hydrogen-bond donors (Lipinski definition) is 0. The number of aldehydes is 1. The zero-order valence-corrected chi connectivity index (χ0v) is 10.2. The van der Waals surface area contributed by atoms with Crippen LogP contribution in [0.15, 0.2) is 24.3 Å². The van der Waals surface area contributed by atoms with Crippen molar-refractivity contribution in [3.05, 3.63) is 35.4 Å². The lowest BCUT2D eigenvalue weighted by Crippen LogP contribution is -2.45. The maximum absolute atomic E-state index is 12.1. The van der Waals surface area contributed by atoms with E-state index in [-0.39, 0.29) is 17.5 Å². The standard InChI is InChI=1S/C13H11NO5/c1-19-13(18)10(6-7-15)14-11(16)8-4-2-3-5-9(8)12(14)17/h2-5,7,10H,6H2,1H3/t10-/m1/s1. The highest BCUT2D eigenvalue weighted by Gasteiger charge is 2.42. The smallest absolute Gasteiger partial charge is 0.329 e. The minimum Gasteiger partial charge on any atom is -0.467 e.